The molecule has 2 rings (SSSR count). The van der Waals surface area contributed by atoms with Crippen LogP contribution >= 0.6 is 0 Å². The highest BCUT2D eigenvalue weighted by Crippen LogP contribution is 2.39. The van der Waals surface area contributed by atoms with E-state index in [2.05, 4.69) is 11.9 Å². The van der Waals surface area contributed by atoms with Crippen LogP contribution in [-0.2, 0) is 0 Å². The van der Waals surface area contributed by atoms with Crippen LogP contribution in [0.25, 0.3) is 0 Å². The summed E-state index contributed by atoms with van der Waals surface area (Å²) in [6, 6.07) is 3.10. The molecule has 1 aromatic rings. The number of nitrogens with zero attached hydrogens (tertiary/aromatic N) is 2. The zero-order valence-corrected chi connectivity index (χ0v) is 11.5. The molecular weight excluding hydrogens is 258 g/mol. The summed E-state index contributed by atoms with van der Waals surface area (Å²) in [5.41, 5.74) is 1.45. The molecule has 1 aliphatic rings. The molecule has 1 aromatic carbocycles. The number of nitro benzene ring substituents is 1. The molecule has 6 heteroatoms. The summed E-state index contributed by atoms with van der Waals surface area (Å²) in [7, 11) is 1.86. The first kappa shape index (κ1) is 14.0. The van der Waals surface area contributed by atoms with Gasteiger partial charge in [0.15, 0.2) is 5.78 Å². The molecule has 0 amide bonds. The Hall–Kier alpha value is -2.37. The quantitative estimate of drug-likeness (QED) is 0.395. The second-order valence-corrected chi connectivity index (χ2v) is 4.95. The molecule has 0 saturated carbocycles. The van der Waals surface area contributed by atoms with Crippen LogP contribution in [-0.4, -0.2) is 30.3 Å². The van der Waals surface area contributed by atoms with Crippen LogP contribution in [0.15, 0.2) is 24.8 Å². The van der Waals surface area contributed by atoms with E-state index in [0.717, 1.165) is 6.42 Å². The van der Waals surface area contributed by atoms with E-state index in [-0.39, 0.29) is 17.5 Å². The molecule has 1 aliphatic heterocycles. The largest absolute Gasteiger partial charge is 0.373 e. The Morgan fingerprint density at radius 2 is 2.35 bits per heavy atom. The van der Waals surface area contributed by atoms with Gasteiger partial charge in [-0.1, -0.05) is 6.08 Å². The van der Waals surface area contributed by atoms with E-state index in [1.54, 1.807) is 12.1 Å². The standard InChI is InChI=1S/C14H17N3O3/c1-4-5-11-8-16(3)12-6-10(9(2)18)7-13(17(19)20)14(12)15-11/h4,6-7,11,15H,1,5,8H2,2-3H3/t11-/m0/s1. The number of Topliss-reactive ketones (excluding diaryl/α,β-unsaturated/α-hetero) is 1. The minimum absolute atomic E-state index is 0.0617. The van der Waals surface area contributed by atoms with Crippen LogP contribution in [0.4, 0.5) is 17.1 Å². The van der Waals surface area contributed by atoms with Gasteiger partial charge in [-0.15, -0.1) is 6.58 Å². The van der Waals surface area contributed by atoms with Crippen molar-refractivity contribution in [1.82, 2.24) is 0 Å². The summed E-state index contributed by atoms with van der Waals surface area (Å²) in [5, 5.41) is 14.4. The lowest BCUT2D eigenvalue weighted by Crippen LogP contribution is -2.39. The number of fused-ring (bicyclic) bond motifs is 1. The molecule has 1 heterocycles. The average Bonchev–Trinajstić information content (AvgIpc) is 2.37. The fourth-order valence-corrected chi connectivity index (χ4v) is 2.42. The molecule has 1 N–H and O–H groups in total. The van der Waals surface area contributed by atoms with Gasteiger partial charge in [0.2, 0.25) is 0 Å². The number of hydrogen-bond acceptors (Lipinski definition) is 5. The van der Waals surface area contributed by atoms with E-state index in [0.29, 0.717) is 23.5 Å². The highest BCUT2D eigenvalue weighted by Gasteiger charge is 2.29. The molecular formula is C14H17N3O3. The zero-order chi connectivity index (χ0) is 14.9. The first-order valence-electron chi connectivity index (χ1n) is 6.36. The van der Waals surface area contributed by atoms with E-state index >= 15 is 0 Å². The molecule has 0 bridgehead atoms. The lowest BCUT2D eigenvalue weighted by Gasteiger charge is -2.34. The molecule has 1 atom stereocenters. The third-order valence-corrected chi connectivity index (χ3v) is 3.41. The minimum Gasteiger partial charge on any atom is -0.373 e. The Morgan fingerprint density at radius 1 is 1.65 bits per heavy atom. The van der Waals surface area contributed by atoms with Crippen molar-refractivity contribution in [2.24, 2.45) is 0 Å². The number of nitrogens with one attached hydrogen (secondary N) is 1. The molecule has 0 radical (unpaired) electrons. The molecule has 0 saturated heterocycles. The van der Waals surface area contributed by atoms with E-state index in [9.17, 15) is 14.9 Å². The number of nitro groups is 1. The maximum Gasteiger partial charge on any atom is 0.295 e. The first-order chi connectivity index (χ1) is 9.43. The first-order valence-corrected chi connectivity index (χ1v) is 6.36. The van der Waals surface area contributed by atoms with Crippen LogP contribution in [0, 0.1) is 10.1 Å². The van der Waals surface area contributed by atoms with Gasteiger partial charge in [-0.3, -0.25) is 14.9 Å². The van der Waals surface area contributed by atoms with Gasteiger partial charge in [0.1, 0.15) is 5.69 Å². The number of likely N-dealkylation sites (N-methyl/N-ethyl adjacent to an activating group) is 1. The number of rotatable bonds is 4. The van der Waals surface area contributed by atoms with Crippen molar-refractivity contribution in [2.75, 3.05) is 23.8 Å². The van der Waals surface area contributed by atoms with E-state index in [1.807, 2.05) is 11.9 Å². The molecule has 0 aromatic heterocycles. The normalized spacial score (nSPS) is 17.1. The molecule has 106 valence electrons. The second-order valence-electron chi connectivity index (χ2n) is 4.95. The van der Waals surface area contributed by atoms with E-state index in [1.165, 1.54) is 13.0 Å². The smallest absolute Gasteiger partial charge is 0.295 e. The summed E-state index contributed by atoms with van der Waals surface area (Å²) in [6.45, 7) is 5.80. The molecule has 0 fully saturated rings. The zero-order valence-electron chi connectivity index (χ0n) is 11.5. The molecule has 0 spiro atoms. The van der Waals surface area contributed by atoms with Gasteiger partial charge in [-0.2, -0.15) is 0 Å². The number of carbonyl (C=O) groups excluding carboxylic acids is 1. The Bertz CT molecular complexity index is 583. The summed E-state index contributed by atoms with van der Waals surface area (Å²) in [6.07, 6.45) is 2.50. The summed E-state index contributed by atoms with van der Waals surface area (Å²) in [5.74, 6) is -0.183. The van der Waals surface area contributed by atoms with Crippen LogP contribution in [0.5, 0.6) is 0 Å². The third-order valence-electron chi connectivity index (χ3n) is 3.41. The number of anilines is 2. The van der Waals surface area contributed by atoms with Crippen LogP contribution in [0.2, 0.25) is 0 Å². The minimum atomic E-state index is -0.456. The Balaban J connectivity index is 2.55. The van der Waals surface area contributed by atoms with Crippen LogP contribution in [0.3, 0.4) is 0 Å². The lowest BCUT2D eigenvalue weighted by atomic mass is 10.0. The molecule has 20 heavy (non-hydrogen) atoms. The van der Waals surface area contributed by atoms with Crippen LogP contribution in [0.1, 0.15) is 23.7 Å². The maximum absolute atomic E-state index is 11.5. The highest BCUT2D eigenvalue weighted by atomic mass is 16.6. The summed E-state index contributed by atoms with van der Waals surface area (Å²) >= 11 is 0. The second kappa shape index (κ2) is 5.32. The number of carbonyl (C=O) groups is 1. The van der Waals surface area contributed by atoms with Gasteiger partial charge in [-0.25, -0.2) is 0 Å². The van der Waals surface area contributed by atoms with Crippen molar-refractivity contribution in [1.29, 1.82) is 0 Å². The van der Waals surface area contributed by atoms with Crippen molar-refractivity contribution in [3.63, 3.8) is 0 Å². The Morgan fingerprint density at radius 3 is 2.90 bits per heavy atom. The SMILES string of the molecule is C=CC[C@H]1CN(C)c2cc(C(C)=O)cc([N+](=O)[O-])c2N1. The van der Waals surface area contributed by atoms with Gasteiger partial charge >= 0.3 is 0 Å². The predicted octanol–water partition coefficient (Wildman–Crippen LogP) is 2.60. The monoisotopic (exact) mass is 275 g/mol. The van der Waals surface area contributed by atoms with Gasteiger partial charge in [0.05, 0.1) is 10.6 Å². The van der Waals surface area contributed by atoms with Crippen molar-refractivity contribution in [3.05, 3.63) is 40.5 Å². The number of hydrogen-bond donors (Lipinski definition) is 1. The van der Waals surface area contributed by atoms with Crippen molar-refractivity contribution < 1.29 is 9.72 Å². The Kier molecular flexibility index (Phi) is 3.74. The summed E-state index contributed by atoms with van der Waals surface area (Å²) in [4.78, 5) is 24.2. The molecule has 0 unspecified atom stereocenters. The van der Waals surface area contributed by atoms with Gasteiger partial charge in [-0.05, 0) is 19.4 Å². The van der Waals surface area contributed by atoms with E-state index in [4.69, 9.17) is 0 Å². The summed E-state index contributed by atoms with van der Waals surface area (Å²) < 4.78 is 0. The average molecular weight is 275 g/mol. The van der Waals surface area contributed by atoms with Crippen LogP contribution < -0.4 is 10.2 Å². The van der Waals surface area contributed by atoms with Crippen molar-refractivity contribution in [2.45, 2.75) is 19.4 Å². The van der Waals surface area contributed by atoms with Gasteiger partial charge < -0.3 is 10.2 Å². The number of ketones is 1. The highest BCUT2D eigenvalue weighted by molar-refractivity contribution is 5.98. The molecule has 0 aliphatic carbocycles. The van der Waals surface area contributed by atoms with Gasteiger partial charge in [0.25, 0.3) is 5.69 Å². The maximum atomic E-state index is 11.5. The fraction of sp³-hybridized carbons (Fsp3) is 0.357. The Labute approximate surface area is 117 Å². The topological polar surface area (TPSA) is 75.5 Å². The van der Waals surface area contributed by atoms with E-state index < -0.39 is 4.92 Å². The van der Waals surface area contributed by atoms with Gasteiger partial charge in [0, 0.05) is 31.3 Å². The fourth-order valence-electron chi connectivity index (χ4n) is 2.42. The predicted molar refractivity (Wildman–Crippen MR) is 78.6 cm³/mol. The molecule has 6 nitrogen and oxygen atoms in total. The number of benzene rings is 1. The van der Waals surface area contributed by atoms with Crippen molar-refractivity contribution in [3.8, 4) is 0 Å². The third kappa shape index (κ3) is 2.49. The lowest BCUT2D eigenvalue weighted by molar-refractivity contribution is -0.384. The van der Waals surface area contributed by atoms with Crippen molar-refractivity contribution >= 4 is 22.8 Å².